The van der Waals surface area contributed by atoms with Crippen LogP contribution in [0.4, 0.5) is 0 Å². The van der Waals surface area contributed by atoms with Crippen LogP contribution in [0.5, 0.6) is 5.75 Å². The molecular weight excluding hydrogens is 292 g/mol. The van der Waals surface area contributed by atoms with Gasteiger partial charge in [-0.1, -0.05) is 5.92 Å². The van der Waals surface area contributed by atoms with E-state index in [-0.39, 0.29) is 17.3 Å². The van der Waals surface area contributed by atoms with E-state index in [1.807, 2.05) is 0 Å². The number of carbonyl (C=O) groups excluding carboxylic acids is 1. The quantitative estimate of drug-likeness (QED) is 0.772. The standard InChI is InChI=1S/C14H18N2O4S/c1-5-6-16-14(17)11(4)20-12-7-9(2)13(10(3)8-12)21(15,18)19/h1,7-8,11H,6H2,2-4H3,(H,16,17)(H2,15,18,19). The third kappa shape index (κ3) is 4.48. The summed E-state index contributed by atoms with van der Waals surface area (Å²) >= 11 is 0. The summed E-state index contributed by atoms with van der Waals surface area (Å²) in [5, 5.41) is 7.66. The maximum absolute atomic E-state index is 11.7. The lowest BCUT2D eigenvalue weighted by Crippen LogP contribution is -2.36. The molecule has 0 aromatic heterocycles. The van der Waals surface area contributed by atoms with Gasteiger partial charge in [0.15, 0.2) is 6.10 Å². The molecule has 1 amide bonds. The lowest BCUT2D eigenvalue weighted by atomic mass is 10.1. The lowest BCUT2D eigenvalue weighted by molar-refractivity contribution is -0.127. The maximum atomic E-state index is 11.7. The first kappa shape index (κ1) is 17.0. The largest absolute Gasteiger partial charge is 0.481 e. The van der Waals surface area contributed by atoms with Gasteiger partial charge in [-0.3, -0.25) is 4.79 Å². The molecule has 0 aliphatic carbocycles. The first-order valence-corrected chi connectivity index (χ1v) is 7.73. The minimum atomic E-state index is -3.79. The number of hydrogen-bond donors (Lipinski definition) is 2. The van der Waals surface area contributed by atoms with Crippen molar-refractivity contribution in [1.29, 1.82) is 0 Å². The molecule has 3 N–H and O–H groups in total. The van der Waals surface area contributed by atoms with Crippen LogP contribution in [0.3, 0.4) is 0 Å². The monoisotopic (exact) mass is 310 g/mol. The molecule has 1 rings (SSSR count). The van der Waals surface area contributed by atoms with Crippen molar-refractivity contribution in [3.63, 3.8) is 0 Å². The fraction of sp³-hybridized carbons (Fsp3) is 0.357. The summed E-state index contributed by atoms with van der Waals surface area (Å²) in [5.74, 6) is 2.33. The predicted molar refractivity (Wildman–Crippen MR) is 79.2 cm³/mol. The van der Waals surface area contributed by atoms with Crippen molar-refractivity contribution in [3.05, 3.63) is 23.3 Å². The van der Waals surface area contributed by atoms with Crippen molar-refractivity contribution in [2.75, 3.05) is 6.54 Å². The van der Waals surface area contributed by atoms with Gasteiger partial charge in [0.2, 0.25) is 10.0 Å². The van der Waals surface area contributed by atoms with Crippen LogP contribution in [0, 0.1) is 26.2 Å². The minimum absolute atomic E-state index is 0.0688. The van der Waals surface area contributed by atoms with E-state index in [0.717, 1.165) is 0 Å². The molecular formula is C14H18N2O4S. The molecule has 0 bridgehead atoms. The van der Waals surface area contributed by atoms with Crippen LogP contribution >= 0.6 is 0 Å². The first-order chi connectivity index (χ1) is 9.66. The Labute approximate surface area is 124 Å². The number of hydrogen-bond acceptors (Lipinski definition) is 4. The summed E-state index contributed by atoms with van der Waals surface area (Å²) in [7, 11) is -3.79. The molecule has 0 aliphatic heterocycles. The molecule has 7 heteroatoms. The van der Waals surface area contributed by atoms with Crippen molar-refractivity contribution in [2.45, 2.75) is 31.8 Å². The van der Waals surface area contributed by atoms with Crippen molar-refractivity contribution < 1.29 is 17.9 Å². The highest BCUT2D eigenvalue weighted by Crippen LogP contribution is 2.25. The van der Waals surface area contributed by atoms with E-state index in [2.05, 4.69) is 11.2 Å². The Morgan fingerprint density at radius 3 is 2.38 bits per heavy atom. The molecule has 6 nitrogen and oxygen atoms in total. The molecule has 0 radical (unpaired) electrons. The number of nitrogens with two attached hydrogens (primary N) is 1. The number of aryl methyl sites for hydroxylation is 2. The smallest absolute Gasteiger partial charge is 0.261 e. The van der Waals surface area contributed by atoms with Crippen molar-refractivity contribution in [3.8, 4) is 18.1 Å². The highest BCUT2D eigenvalue weighted by Gasteiger charge is 2.18. The fourth-order valence-corrected chi connectivity index (χ4v) is 2.98. The number of primary sulfonamides is 1. The zero-order chi connectivity index (χ0) is 16.2. The molecule has 0 aliphatic rings. The number of amides is 1. The van der Waals surface area contributed by atoms with Crippen molar-refractivity contribution in [1.82, 2.24) is 5.32 Å². The zero-order valence-electron chi connectivity index (χ0n) is 12.1. The summed E-state index contributed by atoms with van der Waals surface area (Å²) in [5.41, 5.74) is 0.924. The normalized spacial score (nSPS) is 12.3. The molecule has 1 atom stereocenters. The Balaban J connectivity index is 2.98. The topological polar surface area (TPSA) is 98.5 Å². The van der Waals surface area contributed by atoms with E-state index in [1.165, 1.54) is 12.1 Å². The molecule has 0 spiro atoms. The zero-order valence-corrected chi connectivity index (χ0v) is 13.0. The number of sulfonamides is 1. The number of rotatable bonds is 5. The van der Waals surface area contributed by atoms with E-state index in [1.54, 1.807) is 20.8 Å². The van der Waals surface area contributed by atoms with Crippen molar-refractivity contribution in [2.24, 2.45) is 5.14 Å². The second-order valence-electron chi connectivity index (χ2n) is 4.61. The number of carbonyl (C=O) groups is 1. The van der Waals surface area contributed by atoms with E-state index in [4.69, 9.17) is 16.3 Å². The number of ether oxygens (including phenoxy) is 1. The summed E-state index contributed by atoms with van der Waals surface area (Å²) in [4.78, 5) is 11.7. The minimum Gasteiger partial charge on any atom is -0.481 e. The van der Waals surface area contributed by atoms with Crippen LogP contribution in [-0.2, 0) is 14.8 Å². The van der Waals surface area contributed by atoms with Crippen LogP contribution in [0.15, 0.2) is 17.0 Å². The molecule has 1 unspecified atom stereocenters. The Morgan fingerprint density at radius 1 is 1.43 bits per heavy atom. The summed E-state index contributed by atoms with van der Waals surface area (Å²) in [6.07, 6.45) is 4.30. The molecule has 0 saturated heterocycles. The van der Waals surface area contributed by atoms with Gasteiger partial charge in [-0.25, -0.2) is 13.6 Å². The van der Waals surface area contributed by atoms with Gasteiger partial charge < -0.3 is 10.1 Å². The van der Waals surface area contributed by atoms with Gasteiger partial charge in [-0.05, 0) is 44.0 Å². The van der Waals surface area contributed by atoms with Gasteiger partial charge in [-0.2, -0.15) is 0 Å². The van der Waals surface area contributed by atoms with Gasteiger partial charge in [0.25, 0.3) is 5.91 Å². The molecule has 21 heavy (non-hydrogen) atoms. The van der Waals surface area contributed by atoms with Gasteiger partial charge in [0, 0.05) is 0 Å². The van der Waals surface area contributed by atoms with Gasteiger partial charge in [0.1, 0.15) is 5.75 Å². The van der Waals surface area contributed by atoms with Crippen LogP contribution in [0.1, 0.15) is 18.1 Å². The lowest BCUT2D eigenvalue weighted by Gasteiger charge is -2.16. The number of benzene rings is 1. The average Bonchev–Trinajstić information content (AvgIpc) is 2.32. The van der Waals surface area contributed by atoms with Crippen LogP contribution in [0.2, 0.25) is 0 Å². The summed E-state index contributed by atoms with van der Waals surface area (Å²) < 4.78 is 28.5. The second kappa shape index (κ2) is 6.61. The third-order valence-electron chi connectivity index (χ3n) is 2.77. The molecule has 0 heterocycles. The SMILES string of the molecule is C#CCNC(=O)C(C)Oc1cc(C)c(S(N)(=O)=O)c(C)c1. The Kier molecular flexibility index (Phi) is 5.35. The molecule has 114 valence electrons. The number of terminal acetylenes is 1. The second-order valence-corrected chi connectivity index (χ2v) is 6.11. The predicted octanol–water partition coefficient (Wildman–Crippen LogP) is 0.468. The molecule has 0 fully saturated rings. The first-order valence-electron chi connectivity index (χ1n) is 6.18. The van der Waals surface area contributed by atoms with Crippen molar-refractivity contribution >= 4 is 15.9 Å². The number of nitrogens with one attached hydrogen (secondary N) is 1. The summed E-state index contributed by atoms with van der Waals surface area (Å²) in [6, 6.07) is 3.05. The van der Waals surface area contributed by atoms with Gasteiger partial charge in [-0.15, -0.1) is 6.42 Å². The Morgan fingerprint density at radius 2 is 1.95 bits per heavy atom. The van der Waals surface area contributed by atoms with Crippen LogP contribution in [0.25, 0.3) is 0 Å². The summed E-state index contributed by atoms with van der Waals surface area (Å²) in [6.45, 7) is 4.92. The van der Waals surface area contributed by atoms with E-state index in [9.17, 15) is 13.2 Å². The van der Waals surface area contributed by atoms with Gasteiger partial charge in [0.05, 0.1) is 11.4 Å². The third-order valence-corrected chi connectivity index (χ3v) is 3.98. The van der Waals surface area contributed by atoms with Crippen LogP contribution < -0.4 is 15.2 Å². The molecule has 1 aromatic carbocycles. The fourth-order valence-electron chi connectivity index (χ4n) is 1.97. The van der Waals surface area contributed by atoms with E-state index < -0.39 is 16.1 Å². The molecule has 1 aromatic rings. The Hall–Kier alpha value is -2.04. The van der Waals surface area contributed by atoms with E-state index >= 15 is 0 Å². The maximum Gasteiger partial charge on any atom is 0.261 e. The van der Waals surface area contributed by atoms with Gasteiger partial charge >= 0.3 is 0 Å². The van der Waals surface area contributed by atoms with E-state index in [0.29, 0.717) is 16.9 Å². The van der Waals surface area contributed by atoms with Crippen LogP contribution in [-0.4, -0.2) is 27.0 Å². The Bertz CT molecular complexity index is 666. The molecule has 0 saturated carbocycles. The highest BCUT2D eigenvalue weighted by molar-refractivity contribution is 7.89. The highest BCUT2D eigenvalue weighted by atomic mass is 32.2. The average molecular weight is 310 g/mol.